The SMILES string of the molecule is CC(C(=O)N1CCOCC1)N1CCN(C/C=C/c2ccccc2)CC1. The number of hydrogen-bond donors (Lipinski definition) is 0. The number of hydrogen-bond acceptors (Lipinski definition) is 4. The van der Waals surface area contributed by atoms with Gasteiger partial charge in [0.1, 0.15) is 0 Å². The van der Waals surface area contributed by atoms with Crippen LogP contribution in [0.4, 0.5) is 0 Å². The Morgan fingerprint density at radius 3 is 2.44 bits per heavy atom. The number of nitrogens with zero attached hydrogens (tertiary/aromatic N) is 3. The average Bonchev–Trinajstić information content (AvgIpc) is 2.69. The Bertz CT molecular complexity index is 562. The number of piperazine rings is 1. The lowest BCUT2D eigenvalue weighted by molar-refractivity contribution is -0.141. The molecule has 136 valence electrons. The Morgan fingerprint density at radius 2 is 1.76 bits per heavy atom. The van der Waals surface area contributed by atoms with Crippen LogP contribution in [-0.2, 0) is 9.53 Å². The fraction of sp³-hybridized carbons (Fsp3) is 0.550. The van der Waals surface area contributed by atoms with Crippen molar-refractivity contribution in [3.05, 3.63) is 42.0 Å². The van der Waals surface area contributed by atoms with E-state index in [0.717, 1.165) is 45.8 Å². The van der Waals surface area contributed by atoms with E-state index in [1.807, 2.05) is 17.9 Å². The molecular formula is C20H29N3O2. The summed E-state index contributed by atoms with van der Waals surface area (Å²) in [6, 6.07) is 10.4. The third-order valence-electron chi connectivity index (χ3n) is 5.11. The lowest BCUT2D eigenvalue weighted by Crippen LogP contribution is -2.55. The van der Waals surface area contributed by atoms with Gasteiger partial charge in [0.15, 0.2) is 0 Å². The second kappa shape index (κ2) is 9.13. The highest BCUT2D eigenvalue weighted by Gasteiger charge is 2.29. The van der Waals surface area contributed by atoms with Crippen molar-refractivity contribution in [2.45, 2.75) is 13.0 Å². The standard InChI is InChI=1S/C20H29N3O2/c1-18(20(24)23-14-16-25-17-15-23)22-12-10-21(11-13-22)9-5-8-19-6-3-2-4-7-19/h2-8,18H,9-17H2,1H3/b8-5+. The highest BCUT2D eigenvalue weighted by molar-refractivity contribution is 5.81. The summed E-state index contributed by atoms with van der Waals surface area (Å²) in [5.74, 6) is 0.251. The van der Waals surface area contributed by atoms with Crippen molar-refractivity contribution in [1.29, 1.82) is 0 Å². The van der Waals surface area contributed by atoms with Crippen molar-refractivity contribution in [3.8, 4) is 0 Å². The molecule has 1 atom stereocenters. The summed E-state index contributed by atoms with van der Waals surface area (Å²) in [4.78, 5) is 19.3. The predicted molar refractivity (Wildman–Crippen MR) is 100 cm³/mol. The van der Waals surface area contributed by atoms with Gasteiger partial charge in [0.05, 0.1) is 19.3 Å². The van der Waals surface area contributed by atoms with E-state index in [0.29, 0.717) is 13.2 Å². The number of carbonyl (C=O) groups is 1. The maximum atomic E-state index is 12.6. The summed E-state index contributed by atoms with van der Waals surface area (Å²) >= 11 is 0. The summed E-state index contributed by atoms with van der Waals surface area (Å²) in [6.07, 6.45) is 4.41. The van der Waals surface area contributed by atoms with Gasteiger partial charge in [0.25, 0.3) is 0 Å². The summed E-state index contributed by atoms with van der Waals surface area (Å²) in [5, 5.41) is 0. The molecule has 0 radical (unpaired) electrons. The quantitative estimate of drug-likeness (QED) is 0.813. The zero-order valence-electron chi connectivity index (χ0n) is 15.1. The van der Waals surface area contributed by atoms with Gasteiger partial charge in [0.2, 0.25) is 5.91 Å². The average molecular weight is 343 g/mol. The lowest BCUT2D eigenvalue weighted by atomic mass is 10.2. The van der Waals surface area contributed by atoms with Crippen LogP contribution >= 0.6 is 0 Å². The van der Waals surface area contributed by atoms with Crippen molar-refractivity contribution in [2.75, 3.05) is 59.0 Å². The molecule has 3 rings (SSSR count). The monoisotopic (exact) mass is 343 g/mol. The molecular weight excluding hydrogens is 314 g/mol. The second-order valence-corrected chi connectivity index (χ2v) is 6.76. The molecule has 5 nitrogen and oxygen atoms in total. The van der Waals surface area contributed by atoms with Crippen LogP contribution in [0.2, 0.25) is 0 Å². The van der Waals surface area contributed by atoms with E-state index in [2.05, 4.69) is 46.2 Å². The number of morpholine rings is 1. The molecule has 1 unspecified atom stereocenters. The van der Waals surface area contributed by atoms with E-state index in [9.17, 15) is 4.79 Å². The van der Waals surface area contributed by atoms with E-state index in [-0.39, 0.29) is 11.9 Å². The molecule has 2 aliphatic rings. The molecule has 1 aromatic rings. The molecule has 5 heteroatoms. The van der Waals surface area contributed by atoms with Gasteiger partial charge in [-0.05, 0) is 12.5 Å². The molecule has 1 amide bonds. The first kappa shape index (κ1) is 18.1. The summed E-state index contributed by atoms with van der Waals surface area (Å²) in [6.45, 7) is 9.74. The lowest BCUT2D eigenvalue weighted by Gasteiger charge is -2.39. The normalized spacial score (nSPS) is 21.6. The smallest absolute Gasteiger partial charge is 0.239 e. The summed E-state index contributed by atoms with van der Waals surface area (Å²) < 4.78 is 5.34. The van der Waals surface area contributed by atoms with Crippen molar-refractivity contribution in [1.82, 2.24) is 14.7 Å². The van der Waals surface area contributed by atoms with Gasteiger partial charge in [-0.1, -0.05) is 42.5 Å². The predicted octanol–water partition coefficient (Wildman–Crippen LogP) is 1.56. The fourth-order valence-electron chi connectivity index (χ4n) is 3.44. The highest BCUT2D eigenvalue weighted by Crippen LogP contribution is 2.11. The molecule has 0 spiro atoms. The van der Waals surface area contributed by atoms with Crippen LogP contribution in [0.1, 0.15) is 12.5 Å². The minimum absolute atomic E-state index is 0.0277. The van der Waals surface area contributed by atoms with Crippen LogP contribution in [0.3, 0.4) is 0 Å². The number of rotatable bonds is 5. The minimum atomic E-state index is -0.0277. The Balaban J connectivity index is 1.42. The van der Waals surface area contributed by atoms with E-state index >= 15 is 0 Å². The molecule has 0 saturated carbocycles. The molecule has 2 saturated heterocycles. The van der Waals surface area contributed by atoms with Crippen molar-refractivity contribution in [3.63, 3.8) is 0 Å². The van der Waals surface area contributed by atoms with Crippen molar-refractivity contribution >= 4 is 12.0 Å². The number of benzene rings is 1. The Kier molecular flexibility index (Phi) is 6.62. The van der Waals surface area contributed by atoms with Crippen LogP contribution in [0.25, 0.3) is 6.08 Å². The largest absolute Gasteiger partial charge is 0.378 e. The molecule has 0 aliphatic carbocycles. The van der Waals surface area contributed by atoms with E-state index in [4.69, 9.17) is 4.74 Å². The molecule has 0 N–H and O–H groups in total. The zero-order valence-corrected chi connectivity index (χ0v) is 15.1. The number of carbonyl (C=O) groups excluding carboxylic acids is 1. The van der Waals surface area contributed by atoms with E-state index in [1.165, 1.54) is 5.56 Å². The van der Waals surface area contributed by atoms with Crippen LogP contribution in [0.5, 0.6) is 0 Å². The minimum Gasteiger partial charge on any atom is -0.378 e. The van der Waals surface area contributed by atoms with Crippen molar-refractivity contribution in [2.24, 2.45) is 0 Å². The number of amides is 1. The van der Waals surface area contributed by atoms with Gasteiger partial charge in [-0.3, -0.25) is 14.6 Å². The highest BCUT2D eigenvalue weighted by atomic mass is 16.5. The third kappa shape index (κ3) is 5.14. The van der Waals surface area contributed by atoms with Gasteiger partial charge < -0.3 is 9.64 Å². The second-order valence-electron chi connectivity index (χ2n) is 6.76. The fourth-order valence-corrected chi connectivity index (χ4v) is 3.44. The maximum Gasteiger partial charge on any atom is 0.239 e. The maximum absolute atomic E-state index is 12.6. The first-order valence-electron chi connectivity index (χ1n) is 9.28. The summed E-state index contributed by atoms with van der Waals surface area (Å²) in [5.41, 5.74) is 1.24. The Morgan fingerprint density at radius 1 is 1.08 bits per heavy atom. The molecule has 2 fully saturated rings. The van der Waals surface area contributed by atoms with Crippen LogP contribution in [-0.4, -0.2) is 85.7 Å². The molecule has 2 aliphatic heterocycles. The molecule has 2 heterocycles. The topological polar surface area (TPSA) is 36.0 Å². The van der Waals surface area contributed by atoms with Crippen molar-refractivity contribution < 1.29 is 9.53 Å². The first-order valence-corrected chi connectivity index (χ1v) is 9.28. The van der Waals surface area contributed by atoms with E-state index in [1.54, 1.807) is 0 Å². The number of ether oxygens (including phenoxy) is 1. The first-order chi connectivity index (χ1) is 12.2. The Labute approximate surface area is 150 Å². The molecule has 0 aromatic heterocycles. The van der Waals surface area contributed by atoms with Gasteiger partial charge >= 0.3 is 0 Å². The van der Waals surface area contributed by atoms with Crippen LogP contribution in [0.15, 0.2) is 36.4 Å². The van der Waals surface area contributed by atoms with Gasteiger partial charge in [0, 0.05) is 45.8 Å². The molecule has 1 aromatic carbocycles. The summed E-state index contributed by atoms with van der Waals surface area (Å²) in [7, 11) is 0. The molecule has 25 heavy (non-hydrogen) atoms. The zero-order chi connectivity index (χ0) is 17.5. The van der Waals surface area contributed by atoms with E-state index < -0.39 is 0 Å². The van der Waals surface area contributed by atoms with Gasteiger partial charge in [-0.15, -0.1) is 0 Å². The van der Waals surface area contributed by atoms with Crippen LogP contribution in [0, 0.1) is 0 Å². The van der Waals surface area contributed by atoms with Crippen LogP contribution < -0.4 is 0 Å². The Hall–Kier alpha value is -1.69. The van der Waals surface area contributed by atoms with Gasteiger partial charge in [-0.2, -0.15) is 0 Å². The van der Waals surface area contributed by atoms with Gasteiger partial charge in [-0.25, -0.2) is 0 Å². The molecule has 0 bridgehead atoms. The third-order valence-corrected chi connectivity index (χ3v) is 5.11.